The summed E-state index contributed by atoms with van der Waals surface area (Å²) in [5.41, 5.74) is 6.18. The summed E-state index contributed by atoms with van der Waals surface area (Å²) in [5, 5.41) is 21.5. The Morgan fingerprint density at radius 1 is 1.00 bits per heavy atom. The van der Waals surface area contributed by atoms with Gasteiger partial charge in [-0.15, -0.1) is 0 Å². The minimum Gasteiger partial charge on any atom is -0.412 e. The van der Waals surface area contributed by atoms with E-state index < -0.39 is 7.32 Å². The first-order valence-electron chi connectivity index (χ1n) is 2.97. The van der Waals surface area contributed by atoms with Gasteiger partial charge in [0.15, 0.2) is 0 Å². The quantitative estimate of drug-likeness (QED) is 0.278. The third kappa shape index (κ3) is 11.7. The van der Waals surface area contributed by atoms with Crippen LogP contribution in [0.1, 0.15) is 0 Å². The number of anilines is 1. The van der Waals surface area contributed by atoms with Crippen molar-refractivity contribution in [3.63, 3.8) is 0 Å². The predicted molar refractivity (Wildman–Crippen MR) is 46.9 cm³/mol. The van der Waals surface area contributed by atoms with Crippen molar-refractivity contribution in [2.24, 2.45) is 0 Å². The monoisotopic (exact) mass is 173 g/mol. The van der Waals surface area contributed by atoms with E-state index in [1.807, 2.05) is 30.3 Å². The zero-order valence-corrected chi connectivity index (χ0v) is 6.38. The Kier molecular flexibility index (Phi) is 9.04. The maximum Gasteiger partial charge on any atom is 0.631 e. The van der Waals surface area contributed by atoms with Crippen LogP contribution < -0.4 is 5.73 Å². The zero-order valence-electron chi connectivity index (χ0n) is 6.38. The first kappa shape index (κ1) is 13.5. The normalized spacial score (nSPS) is 7.25. The van der Waals surface area contributed by atoms with Crippen molar-refractivity contribution in [2.45, 2.75) is 0 Å². The highest BCUT2D eigenvalue weighted by atomic mass is 16.5. The SMILES string of the molecule is Nc1ccccc1.O.OB(O)O. The molecule has 6 heteroatoms. The van der Waals surface area contributed by atoms with E-state index in [1.165, 1.54) is 0 Å². The predicted octanol–water partition coefficient (Wildman–Crippen LogP) is -1.61. The highest BCUT2D eigenvalue weighted by Crippen LogP contribution is 1.95. The molecule has 0 aromatic heterocycles. The third-order valence-electron chi connectivity index (χ3n) is 0.800. The van der Waals surface area contributed by atoms with E-state index in [1.54, 1.807) is 0 Å². The number of nitrogens with two attached hydrogens (primary N) is 1. The van der Waals surface area contributed by atoms with Gasteiger partial charge < -0.3 is 26.3 Å². The third-order valence-corrected chi connectivity index (χ3v) is 0.800. The van der Waals surface area contributed by atoms with Crippen LogP contribution in [-0.4, -0.2) is 27.9 Å². The molecule has 0 fully saturated rings. The average Bonchev–Trinajstić information content (AvgIpc) is 1.87. The molecule has 5 nitrogen and oxygen atoms in total. The molecule has 0 bridgehead atoms. The van der Waals surface area contributed by atoms with Crippen molar-refractivity contribution in [2.75, 3.05) is 5.73 Å². The van der Waals surface area contributed by atoms with E-state index in [4.69, 9.17) is 20.8 Å². The lowest BCUT2D eigenvalue weighted by Crippen LogP contribution is -2.07. The molecular formula is C6H12BNO4. The number of rotatable bonds is 0. The second kappa shape index (κ2) is 8.03. The molecular weight excluding hydrogens is 161 g/mol. The fraction of sp³-hybridized carbons (Fsp3) is 0. The molecule has 1 rings (SSSR count). The Labute approximate surface area is 70.6 Å². The van der Waals surface area contributed by atoms with E-state index in [-0.39, 0.29) is 5.48 Å². The van der Waals surface area contributed by atoms with E-state index in [9.17, 15) is 0 Å². The van der Waals surface area contributed by atoms with Crippen LogP contribution in [0.15, 0.2) is 30.3 Å². The Bertz CT molecular complexity index is 179. The number of hydrogen-bond donors (Lipinski definition) is 4. The van der Waals surface area contributed by atoms with Crippen molar-refractivity contribution >= 4 is 13.0 Å². The van der Waals surface area contributed by atoms with Gasteiger partial charge in [-0.25, -0.2) is 0 Å². The van der Waals surface area contributed by atoms with Gasteiger partial charge >= 0.3 is 7.32 Å². The van der Waals surface area contributed by atoms with Crippen molar-refractivity contribution in [1.29, 1.82) is 0 Å². The number of hydrogen-bond acceptors (Lipinski definition) is 4. The molecule has 0 atom stereocenters. The van der Waals surface area contributed by atoms with E-state index in [2.05, 4.69) is 0 Å². The zero-order chi connectivity index (χ0) is 8.69. The molecule has 68 valence electrons. The van der Waals surface area contributed by atoms with Gasteiger partial charge in [-0.3, -0.25) is 0 Å². The van der Waals surface area contributed by atoms with Gasteiger partial charge in [-0.1, -0.05) is 18.2 Å². The van der Waals surface area contributed by atoms with Crippen LogP contribution in [0.5, 0.6) is 0 Å². The standard InChI is InChI=1S/C6H7N.BH3O3.H2O/c7-6-4-2-1-3-5-6;2-1(3)4;/h1-5H,7H2;2-4H;1H2. The van der Waals surface area contributed by atoms with Gasteiger partial charge in [-0.2, -0.15) is 0 Å². The summed E-state index contributed by atoms with van der Waals surface area (Å²) in [6.45, 7) is 0. The summed E-state index contributed by atoms with van der Waals surface area (Å²) in [5.74, 6) is 0. The topological polar surface area (TPSA) is 118 Å². The number of nitrogen functional groups attached to an aromatic ring is 1. The molecule has 1 aromatic rings. The second-order valence-corrected chi connectivity index (χ2v) is 1.76. The fourth-order valence-corrected chi connectivity index (χ4v) is 0.453. The lowest BCUT2D eigenvalue weighted by molar-refractivity contribution is 0.278. The van der Waals surface area contributed by atoms with Crippen LogP contribution in [0.3, 0.4) is 0 Å². The Balaban J connectivity index is 0. The lowest BCUT2D eigenvalue weighted by Gasteiger charge is -1.83. The van der Waals surface area contributed by atoms with Crippen molar-refractivity contribution in [3.8, 4) is 0 Å². The lowest BCUT2D eigenvalue weighted by atomic mass is 10.3. The largest absolute Gasteiger partial charge is 0.631 e. The minimum atomic E-state index is -2.17. The first-order valence-corrected chi connectivity index (χ1v) is 2.97. The molecule has 0 saturated carbocycles. The molecule has 0 radical (unpaired) electrons. The second-order valence-electron chi connectivity index (χ2n) is 1.76. The number of benzene rings is 1. The molecule has 0 heterocycles. The van der Waals surface area contributed by atoms with Crippen LogP contribution >= 0.6 is 0 Å². The summed E-state index contributed by atoms with van der Waals surface area (Å²) in [6, 6.07) is 9.49. The summed E-state index contributed by atoms with van der Waals surface area (Å²) in [6.07, 6.45) is 0. The maximum atomic E-state index is 7.17. The summed E-state index contributed by atoms with van der Waals surface area (Å²) < 4.78 is 0. The maximum absolute atomic E-state index is 7.17. The van der Waals surface area contributed by atoms with Gasteiger partial charge in [-0.05, 0) is 12.1 Å². The van der Waals surface area contributed by atoms with E-state index in [0.29, 0.717) is 0 Å². The minimum absolute atomic E-state index is 0. The molecule has 0 aliphatic heterocycles. The average molecular weight is 173 g/mol. The fourth-order valence-electron chi connectivity index (χ4n) is 0.453. The Hall–Kier alpha value is -1.08. The van der Waals surface area contributed by atoms with Gasteiger partial charge in [0.05, 0.1) is 0 Å². The highest BCUT2D eigenvalue weighted by Gasteiger charge is 1.92. The molecule has 7 N–H and O–H groups in total. The van der Waals surface area contributed by atoms with Crippen LogP contribution in [-0.2, 0) is 0 Å². The van der Waals surface area contributed by atoms with Crippen LogP contribution in [0.4, 0.5) is 5.69 Å². The molecule has 0 amide bonds. The van der Waals surface area contributed by atoms with Crippen LogP contribution in [0, 0.1) is 0 Å². The first-order chi connectivity index (χ1) is 5.13. The van der Waals surface area contributed by atoms with Crippen LogP contribution in [0.2, 0.25) is 0 Å². The van der Waals surface area contributed by atoms with E-state index in [0.717, 1.165) is 5.69 Å². The summed E-state index contributed by atoms with van der Waals surface area (Å²) in [4.78, 5) is 0. The Morgan fingerprint density at radius 3 is 1.50 bits per heavy atom. The Morgan fingerprint density at radius 2 is 1.33 bits per heavy atom. The molecule has 0 aliphatic carbocycles. The number of para-hydroxylation sites is 1. The van der Waals surface area contributed by atoms with Crippen LogP contribution in [0.25, 0.3) is 0 Å². The molecule has 0 spiro atoms. The van der Waals surface area contributed by atoms with Crippen molar-refractivity contribution in [3.05, 3.63) is 30.3 Å². The molecule has 0 saturated heterocycles. The van der Waals surface area contributed by atoms with Gasteiger partial charge in [0.2, 0.25) is 0 Å². The van der Waals surface area contributed by atoms with Gasteiger partial charge in [0.25, 0.3) is 0 Å². The molecule has 1 aromatic carbocycles. The smallest absolute Gasteiger partial charge is 0.412 e. The van der Waals surface area contributed by atoms with Crippen molar-refractivity contribution in [1.82, 2.24) is 0 Å². The molecule has 12 heavy (non-hydrogen) atoms. The molecule has 0 unspecified atom stereocenters. The van der Waals surface area contributed by atoms with Gasteiger partial charge in [0, 0.05) is 5.69 Å². The summed E-state index contributed by atoms with van der Waals surface area (Å²) in [7, 11) is -2.17. The highest BCUT2D eigenvalue weighted by molar-refractivity contribution is 6.30. The van der Waals surface area contributed by atoms with Gasteiger partial charge in [0.1, 0.15) is 0 Å². The summed E-state index contributed by atoms with van der Waals surface area (Å²) >= 11 is 0. The molecule has 0 aliphatic rings. The van der Waals surface area contributed by atoms with E-state index >= 15 is 0 Å². The van der Waals surface area contributed by atoms with Crippen molar-refractivity contribution < 1.29 is 20.5 Å².